The van der Waals surface area contributed by atoms with Gasteiger partial charge in [0.1, 0.15) is 6.10 Å². The molecule has 0 aromatic carbocycles. The summed E-state index contributed by atoms with van der Waals surface area (Å²) in [7, 11) is 0. The standard InChI is InChI=1S/C10H19NO2/c1-7-3-4-9(5-8(7)2)13-10(12)6-11/h7-9H,3-6,11H2,1-2H3. The van der Waals surface area contributed by atoms with Gasteiger partial charge in [0, 0.05) is 0 Å². The number of hydrogen-bond acceptors (Lipinski definition) is 3. The van der Waals surface area contributed by atoms with Gasteiger partial charge in [-0.05, 0) is 31.1 Å². The summed E-state index contributed by atoms with van der Waals surface area (Å²) in [5.41, 5.74) is 5.18. The van der Waals surface area contributed by atoms with E-state index in [2.05, 4.69) is 13.8 Å². The van der Waals surface area contributed by atoms with Crippen molar-refractivity contribution in [3.63, 3.8) is 0 Å². The Morgan fingerprint density at radius 2 is 2.08 bits per heavy atom. The molecule has 0 spiro atoms. The fourth-order valence-electron chi connectivity index (χ4n) is 1.84. The first-order chi connectivity index (χ1) is 6.13. The Balaban J connectivity index is 2.33. The molecule has 3 nitrogen and oxygen atoms in total. The quantitative estimate of drug-likeness (QED) is 0.660. The van der Waals surface area contributed by atoms with Gasteiger partial charge in [-0.25, -0.2) is 0 Å². The first-order valence-electron chi connectivity index (χ1n) is 5.03. The number of rotatable bonds is 2. The van der Waals surface area contributed by atoms with Crippen molar-refractivity contribution in [2.24, 2.45) is 17.6 Å². The highest BCUT2D eigenvalue weighted by atomic mass is 16.5. The van der Waals surface area contributed by atoms with Crippen molar-refractivity contribution >= 4 is 5.97 Å². The Morgan fingerprint density at radius 1 is 1.38 bits per heavy atom. The Hall–Kier alpha value is -0.570. The van der Waals surface area contributed by atoms with Crippen LogP contribution in [0.5, 0.6) is 0 Å². The molecular weight excluding hydrogens is 166 g/mol. The highest BCUT2D eigenvalue weighted by molar-refractivity contribution is 5.71. The van der Waals surface area contributed by atoms with E-state index in [9.17, 15) is 4.79 Å². The second-order valence-electron chi connectivity index (χ2n) is 4.08. The van der Waals surface area contributed by atoms with Crippen LogP contribution in [-0.4, -0.2) is 18.6 Å². The zero-order valence-corrected chi connectivity index (χ0v) is 8.45. The van der Waals surface area contributed by atoms with Crippen LogP contribution < -0.4 is 5.73 Å². The zero-order valence-electron chi connectivity index (χ0n) is 8.45. The molecule has 0 heterocycles. The number of carbonyl (C=O) groups excluding carboxylic acids is 1. The third-order valence-corrected chi connectivity index (χ3v) is 3.01. The summed E-state index contributed by atoms with van der Waals surface area (Å²) >= 11 is 0. The van der Waals surface area contributed by atoms with Crippen LogP contribution in [0.1, 0.15) is 33.1 Å². The third kappa shape index (κ3) is 2.99. The lowest BCUT2D eigenvalue weighted by atomic mass is 9.80. The van der Waals surface area contributed by atoms with Gasteiger partial charge in [0.25, 0.3) is 0 Å². The highest BCUT2D eigenvalue weighted by Crippen LogP contribution is 2.30. The molecule has 1 saturated carbocycles. The zero-order chi connectivity index (χ0) is 9.84. The predicted molar refractivity (Wildman–Crippen MR) is 51.1 cm³/mol. The van der Waals surface area contributed by atoms with Crippen molar-refractivity contribution in [3.8, 4) is 0 Å². The summed E-state index contributed by atoms with van der Waals surface area (Å²) in [5.74, 6) is 1.14. The second-order valence-corrected chi connectivity index (χ2v) is 4.08. The van der Waals surface area contributed by atoms with E-state index in [1.165, 1.54) is 0 Å². The molecule has 0 aromatic heterocycles. The van der Waals surface area contributed by atoms with Crippen LogP contribution in [0.2, 0.25) is 0 Å². The Kier molecular flexibility index (Phi) is 3.72. The van der Waals surface area contributed by atoms with Crippen LogP contribution in [0.3, 0.4) is 0 Å². The van der Waals surface area contributed by atoms with Crippen LogP contribution in [0.4, 0.5) is 0 Å². The molecular formula is C10H19NO2. The third-order valence-electron chi connectivity index (χ3n) is 3.01. The largest absolute Gasteiger partial charge is 0.461 e. The van der Waals surface area contributed by atoms with Gasteiger partial charge in [-0.1, -0.05) is 13.8 Å². The summed E-state index contributed by atoms with van der Waals surface area (Å²) in [6.45, 7) is 4.47. The smallest absolute Gasteiger partial charge is 0.319 e. The van der Waals surface area contributed by atoms with Gasteiger partial charge in [0.15, 0.2) is 0 Å². The molecule has 3 unspecified atom stereocenters. The summed E-state index contributed by atoms with van der Waals surface area (Å²) in [5, 5.41) is 0. The minimum Gasteiger partial charge on any atom is -0.461 e. The molecule has 3 atom stereocenters. The first kappa shape index (κ1) is 10.5. The van der Waals surface area contributed by atoms with Gasteiger partial charge in [-0.15, -0.1) is 0 Å². The summed E-state index contributed by atoms with van der Waals surface area (Å²) in [4.78, 5) is 10.9. The van der Waals surface area contributed by atoms with E-state index in [1.54, 1.807) is 0 Å². The van der Waals surface area contributed by atoms with Crippen LogP contribution in [0.15, 0.2) is 0 Å². The lowest BCUT2D eigenvalue weighted by molar-refractivity contribution is -0.150. The second kappa shape index (κ2) is 4.61. The van der Waals surface area contributed by atoms with E-state index in [4.69, 9.17) is 10.5 Å². The Morgan fingerprint density at radius 3 is 2.62 bits per heavy atom. The van der Waals surface area contributed by atoms with E-state index < -0.39 is 0 Å². The average Bonchev–Trinajstić information content (AvgIpc) is 2.11. The van der Waals surface area contributed by atoms with Crippen LogP contribution in [0, 0.1) is 11.8 Å². The molecule has 1 rings (SSSR count). The molecule has 0 amide bonds. The fraction of sp³-hybridized carbons (Fsp3) is 0.900. The maximum atomic E-state index is 10.9. The van der Waals surface area contributed by atoms with Gasteiger partial charge in [-0.3, -0.25) is 4.79 Å². The van der Waals surface area contributed by atoms with Crippen molar-refractivity contribution in [2.75, 3.05) is 6.54 Å². The van der Waals surface area contributed by atoms with E-state index in [0.29, 0.717) is 5.92 Å². The minimum atomic E-state index is -0.272. The van der Waals surface area contributed by atoms with Crippen LogP contribution in [-0.2, 0) is 9.53 Å². The van der Waals surface area contributed by atoms with Crippen molar-refractivity contribution in [1.29, 1.82) is 0 Å². The topological polar surface area (TPSA) is 52.3 Å². The SMILES string of the molecule is CC1CCC(OC(=O)CN)CC1C. The van der Waals surface area contributed by atoms with Gasteiger partial charge < -0.3 is 10.5 Å². The summed E-state index contributed by atoms with van der Waals surface area (Å²) < 4.78 is 5.20. The number of hydrogen-bond donors (Lipinski definition) is 1. The molecule has 0 aromatic rings. The van der Waals surface area contributed by atoms with Crippen molar-refractivity contribution in [3.05, 3.63) is 0 Å². The molecule has 2 N–H and O–H groups in total. The van der Waals surface area contributed by atoms with Gasteiger partial charge in [-0.2, -0.15) is 0 Å². The summed E-state index contributed by atoms with van der Waals surface area (Å²) in [6, 6.07) is 0. The van der Waals surface area contributed by atoms with Crippen molar-refractivity contribution < 1.29 is 9.53 Å². The van der Waals surface area contributed by atoms with Crippen LogP contribution >= 0.6 is 0 Å². The highest BCUT2D eigenvalue weighted by Gasteiger charge is 2.26. The Bertz CT molecular complexity index is 182. The number of nitrogens with two attached hydrogens (primary N) is 1. The number of ether oxygens (including phenoxy) is 1. The lowest BCUT2D eigenvalue weighted by Gasteiger charge is -2.31. The molecule has 0 bridgehead atoms. The monoisotopic (exact) mass is 185 g/mol. The molecule has 13 heavy (non-hydrogen) atoms. The van der Waals surface area contributed by atoms with E-state index in [0.717, 1.165) is 25.2 Å². The minimum absolute atomic E-state index is 0.000431. The fourth-order valence-corrected chi connectivity index (χ4v) is 1.84. The van der Waals surface area contributed by atoms with Gasteiger partial charge >= 0.3 is 5.97 Å². The molecule has 3 heteroatoms. The molecule has 0 radical (unpaired) electrons. The predicted octanol–water partition coefficient (Wildman–Crippen LogP) is 1.31. The maximum absolute atomic E-state index is 10.9. The van der Waals surface area contributed by atoms with Gasteiger partial charge in [0.2, 0.25) is 0 Å². The number of esters is 1. The maximum Gasteiger partial charge on any atom is 0.319 e. The molecule has 0 saturated heterocycles. The lowest BCUT2D eigenvalue weighted by Crippen LogP contribution is -2.30. The first-order valence-corrected chi connectivity index (χ1v) is 5.03. The van der Waals surface area contributed by atoms with Crippen molar-refractivity contribution in [1.82, 2.24) is 0 Å². The van der Waals surface area contributed by atoms with Gasteiger partial charge in [0.05, 0.1) is 6.54 Å². The molecule has 1 fully saturated rings. The van der Waals surface area contributed by atoms with E-state index in [1.807, 2.05) is 0 Å². The van der Waals surface area contributed by atoms with Crippen molar-refractivity contribution in [2.45, 2.75) is 39.2 Å². The van der Waals surface area contributed by atoms with E-state index >= 15 is 0 Å². The summed E-state index contributed by atoms with van der Waals surface area (Å²) in [6.07, 6.45) is 3.26. The number of carbonyl (C=O) groups is 1. The average molecular weight is 185 g/mol. The normalized spacial score (nSPS) is 34.2. The molecule has 1 aliphatic carbocycles. The Labute approximate surface area is 79.6 Å². The van der Waals surface area contributed by atoms with Crippen LogP contribution in [0.25, 0.3) is 0 Å². The molecule has 1 aliphatic rings. The molecule has 76 valence electrons. The van der Waals surface area contributed by atoms with E-state index in [-0.39, 0.29) is 18.6 Å². The molecule has 0 aliphatic heterocycles.